The minimum absolute atomic E-state index is 0.0121. The Bertz CT molecular complexity index is 2730. The predicted molar refractivity (Wildman–Crippen MR) is 260 cm³/mol. The fraction of sp³-hybridized carbons (Fsp3) is 0.217. The van der Waals surface area contributed by atoms with E-state index in [0.717, 1.165) is 13.8 Å². The molecule has 0 aromatic heterocycles. The van der Waals surface area contributed by atoms with Gasteiger partial charge in [-0.2, -0.15) is 20.5 Å². The summed E-state index contributed by atoms with van der Waals surface area (Å²) < 4.78 is 10.6. The van der Waals surface area contributed by atoms with Crippen LogP contribution in [-0.2, 0) is 37.4 Å². The molecule has 0 aliphatic carbocycles. The number of azo groups is 2. The Kier molecular flexibility index (Phi) is 18.8. The maximum absolute atomic E-state index is 13.5. The predicted octanol–water partition coefficient (Wildman–Crippen LogP) is 11.1. The van der Waals surface area contributed by atoms with Gasteiger partial charge in [0.05, 0.1) is 35.4 Å². The van der Waals surface area contributed by atoms with Gasteiger partial charge in [0.15, 0.2) is 11.6 Å². The molecule has 2 atom stereocenters. The summed E-state index contributed by atoms with van der Waals surface area (Å²) in [6.07, 6.45) is 0.199. The van der Waals surface area contributed by atoms with Crippen molar-refractivity contribution in [2.75, 3.05) is 41.4 Å². The molecular weight excluding hydrogens is 970 g/mol. The van der Waals surface area contributed by atoms with E-state index in [0.29, 0.717) is 39.6 Å². The molecule has 5 rings (SSSR count). The highest BCUT2D eigenvalue weighted by Crippen LogP contribution is 2.33. The lowest BCUT2D eigenvalue weighted by Gasteiger charge is -2.16. The SMILES string of the molecule is COc1cc(CCl)cc(NC(=O)c2cccc(N=NC(C(C)=O)C(=O)Nc3ccc(NC(=O)C(N=Nc4cccc(C(=O)Nc5cc(CCl)cc(OC)c5)c4Cl)C(C)=O)c(CCCl)c3)c2Cl)c1. The van der Waals surface area contributed by atoms with Gasteiger partial charge in [-0.15, -0.1) is 34.8 Å². The van der Waals surface area contributed by atoms with Gasteiger partial charge in [-0.3, -0.25) is 28.8 Å². The fourth-order valence-electron chi connectivity index (χ4n) is 6.19. The number of aryl methyl sites for hydroxylation is 1. The topological polar surface area (TPSA) is 218 Å². The van der Waals surface area contributed by atoms with Crippen molar-refractivity contribution in [1.82, 2.24) is 0 Å². The molecule has 0 aliphatic rings. The average Bonchev–Trinajstić information content (AvgIpc) is 3.30. The number of rotatable bonds is 20. The Balaban J connectivity index is 1.28. The number of ether oxygens (including phenoxy) is 2. The van der Waals surface area contributed by atoms with Crippen LogP contribution in [0.25, 0.3) is 0 Å². The van der Waals surface area contributed by atoms with Crippen molar-refractivity contribution in [1.29, 1.82) is 0 Å². The molecule has 2 unspecified atom stereocenters. The largest absolute Gasteiger partial charge is 0.497 e. The van der Waals surface area contributed by atoms with E-state index in [2.05, 4.69) is 41.7 Å². The third-order valence-electron chi connectivity index (χ3n) is 9.50. The number of benzene rings is 5. The molecule has 0 saturated heterocycles. The van der Waals surface area contributed by atoms with E-state index in [-0.39, 0.29) is 68.0 Å². The van der Waals surface area contributed by atoms with Crippen molar-refractivity contribution in [3.8, 4) is 11.5 Å². The van der Waals surface area contributed by atoms with E-state index >= 15 is 0 Å². The van der Waals surface area contributed by atoms with Crippen LogP contribution < -0.4 is 30.7 Å². The van der Waals surface area contributed by atoms with E-state index < -0.39 is 47.3 Å². The van der Waals surface area contributed by atoms with Gasteiger partial charge in [0, 0.05) is 52.5 Å². The van der Waals surface area contributed by atoms with Gasteiger partial charge >= 0.3 is 0 Å². The van der Waals surface area contributed by atoms with E-state index in [4.69, 9.17) is 67.5 Å². The van der Waals surface area contributed by atoms with Gasteiger partial charge < -0.3 is 30.7 Å². The highest BCUT2D eigenvalue weighted by molar-refractivity contribution is 6.37. The average molecular weight is 1010 g/mol. The van der Waals surface area contributed by atoms with Crippen molar-refractivity contribution in [2.45, 2.75) is 44.1 Å². The zero-order valence-electron chi connectivity index (χ0n) is 36.1. The summed E-state index contributed by atoms with van der Waals surface area (Å²) in [6, 6.07) is 20.0. The summed E-state index contributed by atoms with van der Waals surface area (Å²) in [5, 5.41) is 26.7. The first kappa shape index (κ1) is 51.6. The molecule has 0 aliphatic heterocycles. The van der Waals surface area contributed by atoms with E-state index in [1.807, 2.05) is 0 Å². The van der Waals surface area contributed by atoms with Crippen LogP contribution in [0.4, 0.5) is 34.1 Å². The van der Waals surface area contributed by atoms with Crippen LogP contribution in [0, 0.1) is 0 Å². The van der Waals surface area contributed by atoms with Crippen molar-refractivity contribution < 1.29 is 38.2 Å². The van der Waals surface area contributed by atoms with Gasteiger partial charge in [0.25, 0.3) is 23.6 Å². The van der Waals surface area contributed by atoms with Crippen LogP contribution in [0.15, 0.2) is 111 Å². The summed E-state index contributed by atoms with van der Waals surface area (Å²) in [5.41, 5.74) is 3.24. The van der Waals surface area contributed by atoms with Gasteiger partial charge in [0.2, 0.25) is 12.1 Å². The Labute approximate surface area is 409 Å². The lowest BCUT2D eigenvalue weighted by molar-refractivity contribution is -0.127. The molecule has 0 bridgehead atoms. The minimum Gasteiger partial charge on any atom is -0.497 e. The van der Waals surface area contributed by atoms with Crippen LogP contribution in [-0.4, -0.2) is 67.4 Å². The van der Waals surface area contributed by atoms with E-state index in [9.17, 15) is 28.8 Å². The number of anilines is 4. The molecule has 0 saturated carbocycles. The van der Waals surface area contributed by atoms with Crippen LogP contribution in [0.5, 0.6) is 11.5 Å². The molecule has 0 heterocycles. The smallest absolute Gasteiger partial charge is 0.258 e. The summed E-state index contributed by atoms with van der Waals surface area (Å²) in [5.74, 6) is -2.73. The number of alkyl halides is 3. The molecule has 5 aromatic rings. The Morgan fingerprint density at radius 3 is 1.45 bits per heavy atom. The Hall–Kier alpha value is -6.43. The zero-order valence-corrected chi connectivity index (χ0v) is 39.9. The van der Waals surface area contributed by atoms with Gasteiger partial charge in [-0.25, -0.2) is 0 Å². The molecule has 4 N–H and O–H groups in total. The number of Topliss-reactive ketones (excluding diaryl/α,β-unsaturated/α-hetero) is 2. The minimum atomic E-state index is -1.63. The van der Waals surface area contributed by atoms with Crippen molar-refractivity contribution >= 4 is 127 Å². The quantitative estimate of drug-likeness (QED) is 0.0333. The summed E-state index contributed by atoms with van der Waals surface area (Å²) >= 11 is 31.2. The number of amides is 4. The Morgan fingerprint density at radius 2 is 1.03 bits per heavy atom. The number of methoxy groups -OCH3 is 2. The number of ketones is 2. The number of hydrogen-bond acceptors (Lipinski definition) is 12. The fourth-order valence-corrected chi connectivity index (χ4v) is 7.20. The summed E-state index contributed by atoms with van der Waals surface area (Å²) in [6.45, 7) is 2.31. The molecule has 67 heavy (non-hydrogen) atoms. The van der Waals surface area contributed by atoms with Crippen LogP contribution in [0.3, 0.4) is 0 Å². The second kappa shape index (κ2) is 24.4. The van der Waals surface area contributed by atoms with Crippen LogP contribution in [0.2, 0.25) is 10.0 Å². The standard InChI is InChI=1S/C46H41Cl5N8O8/c1-24(60)41(58-56-37-9-5-7-34(39(37)50)43(62)53-30-15-26(22-48)17-32(20-30)66-3)45(64)52-29-11-12-36(28(19-29)13-14-47)55-46(65)42(25(2)61)59-57-38-10-6-8-35(40(38)51)44(63)54-31-16-27(23-49)18-33(21-31)67-4/h5-12,15-21,41-42H,13-14,22-23H2,1-4H3,(H,52,64)(H,53,62)(H,54,63)(H,55,65). The molecule has 0 spiro atoms. The van der Waals surface area contributed by atoms with Crippen molar-refractivity contribution in [2.24, 2.45) is 20.5 Å². The number of nitrogens with zero attached hydrogens (tertiary/aromatic N) is 4. The molecule has 0 radical (unpaired) electrons. The highest BCUT2D eigenvalue weighted by Gasteiger charge is 2.27. The number of carbonyl (C=O) groups is 6. The summed E-state index contributed by atoms with van der Waals surface area (Å²) in [4.78, 5) is 78.8. The molecular formula is C46H41Cl5N8O8. The summed E-state index contributed by atoms with van der Waals surface area (Å²) in [7, 11) is 2.96. The van der Waals surface area contributed by atoms with E-state index in [1.165, 1.54) is 68.8 Å². The first-order valence-corrected chi connectivity index (χ1v) is 22.3. The third kappa shape index (κ3) is 13.8. The molecule has 21 heteroatoms. The maximum atomic E-state index is 13.5. The van der Waals surface area contributed by atoms with Gasteiger partial charge in [0.1, 0.15) is 22.9 Å². The third-order valence-corrected chi connectivity index (χ3v) is 11.1. The monoisotopic (exact) mass is 1010 g/mol. The molecule has 5 aromatic carbocycles. The number of carbonyl (C=O) groups excluding carboxylic acids is 6. The van der Waals surface area contributed by atoms with Crippen LogP contribution in [0.1, 0.15) is 51.3 Å². The van der Waals surface area contributed by atoms with Gasteiger partial charge in [-0.05, 0) is 104 Å². The van der Waals surface area contributed by atoms with Gasteiger partial charge in [-0.1, -0.05) is 35.3 Å². The molecule has 16 nitrogen and oxygen atoms in total. The lowest BCUT2D eigenvalue weighted by Crippen LogP contribution is -2.32. The zero-order chi connectivity index (χ0) is 48.8. The second-order valence-electron chi connectivity index (χ2n) is 14.3. The first-order valence-electron chi connectivity index (χ1n) is 19.9. The first-order chi connectivity index (χ1) is 32.1. The number of hydrogen-bond donors (Lipinski definition) is 4. The highest BCUT2D eigenvalue weighted by atomic mass is 35.5. The molecule has 4 amide bonds. The van der Waals surface area contributed by atoms with Crippen LogP contribution >= 0.6 is 58.0 Å². The normalized spacial score (nSPS) is 12.0. The lowest BCUT2D eigenvalue weighted by atomic mass is 10.1. The van der Waals surface area contributed by atoms with Crippen molar-refractivity contribution in [3.05, 3.63) is 129 Å². The molecule has 348 valence electrons. The van der Waals surface area contributed by atoms with Crippen molar-refractivity contribution in [3.63, 3.8) is 0 Å². The molecule has 0 fully saturated rings. The van der Waals surface area contributed by atoms with E-state index in [1.54, 1.807) is 36.4 Å². The Morgan fingerprint density at radius 1 is 0.567 bits per heavy atom. The second-order valence-corrected chi connectivity index (χ2v) is 16.0. The number of halogens is 5. The number of nitrogens with one attached hydrogen (secondary N) is 4. The maximum Gasteiger partial charge on any atom is 0.258 e.